The first-order valence-corrected chi connectivity index (χ1v) is 6.58. The zero-order valence-electron chi connectivity index (χ0n) is 11.7. The molecule has 0 aromatic carbocycles. The minimum Gasteiger partial charge on any atom is -0.393 e. The molecule has 0 amide bonds. The van der Waals surface area contributed by atoms with Gasteiger partial charge in [-0.2, -0.15) is 0 Å². The number of hydrogen-bond acceptors (Lipinski definition) is 2. The van der Waals surface area contributed by atoms with E-state index < -0.39 is 0 Å². The number of rotatable bonds is 3. The van der Waals surface area contributed by atoms with Gasteiger partial charge in [0, 0.05) is 0 Å². The maximum atomic E-state index is 9.00. The Kier molecular flexibility index (Phi) is 9.10. The highest BCUT2D eigenvalue weighted by molar-refractivity contribution is 5.05. The Morgan fingerprint density at radius 2 is 2.18 bits per heavy atom. The van der Waals surface area contributed by atoms with Gasteiger partial charge in [0.1, 0.15) is 0 Å². The summed E-state index contributed by atoms with van der Waals surface area (Å²) in [4.78, 5) is 0. The summed E-state index contributed by atoms with van der Waals surface area (Å²) < 4.78 is 0. The van der Waals surface area contributed by atoms with Crippen molar-refractivity contribution in [3.63, 3.8) is 0 Å². The topological polar surface area (TPSA) is 40.5 Å². The maximum absolute atomic E-state index is 9.00. The predicted octanol–water partition coefficient (Wildman–Crippen LogP) is 3.59. The molecule has 0 aromatic heterocycles. The molecule has 0 saturated heterocycles. The summed E-state index contributed by atoms with van der Waals surface area (Å²) in [6.45, 7) is 8.03. The number of aliphatic hydroxyl groups is 2. The van der Waals surface area contributed by atoms with Gasteiger partial charge in [-0.3, -0.25) is 0 Å². The van der Waals surface area contributed by atoms with E-state index in [-0.39, 0.29) is 12.2 Å². The lowest BCUT2D eigenvalue weighted by Gasteiger charge is -2.12. The number of aliphatic hydroxyl groups excluding tert-OH is 2. The molecule has 2 N–H and O–H groups in total. The van der Waals surface area contributed by atoms with E-state index in [2.05, 4.69) is 26.8 Å². The smallest absolute Gasteiger partial charge is 0.0723 e. The molecule has 2 heteroatoms. The number of allylic oxidation sites excluding steroid dienone is 3. The van der Waals surface area contributed by atoms with Crippen LogP contribution in [-0.2, 0) is 0 Å². The normalized spacial score (nSPS) is 20.8. The molecule has 0 fully saturated rings. The fourth-order valence-electron chi connectivity index (χ4n) is 1.70. The molecule has 0 bridgehead atoms. The fourth-order valence-corrected chi connectivity index (χ4v) is 1.70. The molecule has 1 rings (SSSR count). The van der Waals surface area contributed by atoms with E-state index in [1.165, 1.54) is 17.6 Å². The first kappa shape index (κ1) is 16.4. The summed E-state index contributed by atoms with van der Waals surface area (Å²) in [5, 5.41) is 17.8. The van der Waals surface area contributed by atoms with E-state index in [9.17, 15) is 0 Å². The lowest BCUT2D eigenvalue weighted by molar-refractivity contribution is 0.186. The van der Waals surface area contributed by atoms with Gasteiger partial charge < -0.3 is 10.2 Å². The summed E-state index contributed by atoms with van der Waals surface area (Å²) in [6, 6.07) is 0. The standard InChI is InChI=1S/C8H16O.C7H12O/c1-7(2)5-4-6-8(3)9;1-6-3-2-4-7(8)5-6/h5,8-9H,4,6H2,1-3H3;5,7-8H,2-4H2,1H3. The summed E-state index contributed by atoms with van der Waals surface area (Å²) in [5.41, 5.74) is 2.67. The van der Waals surface area contributed by atoms with Gasteiger partial charge in [-0.1, -0.05) is 23.3 Å². The van der Waals surface area contributed by atoms with E-state index >= 15 is 0 Å². The second kappa shape index (κ2) is 9.43. The summed E-state index contributed by atoms with van der Waals surface area (Å²) in [7, 11) is 0. The Bertz CT molecular complexity index is 248. The van der Waals surface area contributed by atoms with Gasteiger partial charge in [0.05, 0.1) is 12.2 Å². The summed E-state index contributed by atoms with van der Waals surface area (Å²) in [5.74, 6) is 0. The maximum Gasteiger partial charge on any atom is 0.0723 e. The Morgan fingerprint density at radius 3 is 2.53 bits per heavy atom. The van der Waals surface area contributed by atoms with Gasteiger partial charge >= 0.3 is 0 Å². The molecule has 100 valence electrons. The Labute approximate surface area is 106 Å². The Balaban J connectivity index is 0.000000302. The molecule has 1 aliphatic rings. The van der Waals surface area contributed by atoms with Crippen molar-refractivity contribution in [3.8, 4) is 0 Å². The lowest BCUT2D eigenvalue weighted by atomic mass is 9.99. The fraction of sp³-hybridized carbons (Fsp3) is 0.733. The Morgan fingerprint density at radius 1 is 1.53 bits per heavy atom. The molecule has 0 aliphatic heterocycles. The van der Waals surface area contributed by atoms with Crippen molar-refractivity contribution in [2.75, 3.05) is 0 Å². The van der Waals surface area contributed by atoms with Gasteiger partial charge in [-0.25, -0.2) is 0 Å². The molecule has 2 nitrogen and oxygen atoms in total. The van der Waals surface area contributed by atoms with Crippen LogP contribution in [0.2, 0.25) is 0 Å². The van der Waals surface area contributed by atoms with Crippen LogP contribution in [0, 0.1) is 0 Å². The van der Waals surface area contributed by atoms with Crippen LogP contribution in [0.5, 0.6) is 0 Å². The van der Waals surface area contributed by atoms with Crippen LogP contribution in [-0.4, -0.2) is 22.4 Å². The third-order valence-electron chi connectivity index (χ3n) is 2.68. The quantitative estimate of drug-likeness (QED) is 0.740. The summed E-state index contributed by atoms with van der Waals surface area (Å²) in [6.07, 6.45) is 8.96. The second-order valence-electron chi connectivity index (χ2n) is 5.18. The predicted molar refractivity (Wildman–Crippen MR) is 74.0 cm³/mol. The monoisotopic (exact) mass is 240 g/mol. The molecule has 0 radical (unpaired) electrons. The SMILES string of the molecule is CC(C)=CCCC(C)O.CC1=CC(O)CCC1. The van der Waals surface area contributed by atoms with Gasteiger partial charge in [0.2, 0.25) is 0 Å². The van der Waals surface area contributed by atoms with Crippen molar-refractivity contribution in [1.29, 1.82) is 0 Å². The second-order valence-corrected chi connectivity index (χ2v) is 5.18. The molecule has 1 aliphatic carbocycles. The van der Waals surface area contributed by atoms with Gasteiger partial charge in [-0.15, -0.1) is 0 Å². The van der Waals surface area contributed by atoms with E-state index in [1.807, 2.05) is 13.0 Å². The first-order chi connectivity index (χ1) is 7.91. The van der Waals surface area contributed by atoms with Crippen molar-refractivity contribution in [2.24, 2.45) is 0 Å². The van der Waals surface area contributed by atoms with E-state index in [0.717, 1.165) is 25.7 Å². The van der Waals surface area contributed by atoms with Crippen LogP contribution in [0.1, 0.15) is 59.8 Å². The van der Waals surface area contributed by atoms with Gasteiger partial charge in [-0.05, 0) is 59.8 Å². The average Bonchev–Trinajstić information content (AvgIpc) is 2.16. The highest BCUT2D eigenvalue weighted by atomic mass is 16.3. The molecule has 2 unspecified atom stereocenters. The zero-order chi connectivity index (χ0) is 13.3. The van der Waals surface area contributed by atoms with Crippen molar-refractivity contribution in [1.82, 2.24) is 0 Å². The largest absolute Gasteiger partial charge is 0.393 e. The van der Waals surface area contributed by atoms with E-state index in [1.54, 1.807) is 0 Å². The molecular formula is C15H28O2. The van der Waals surface area contributed by atoms with Crippen LogP contribution in [0.3, 0.4) is 0 Å². The van der Waals surface area contributed by atoms with Crippen LogP contribution in [0.4, 0.5) is 0 Å². The average molecular weight is 240 g/mol. The highest BCUT2D eigenvalue weighted by Gasteiger charge is 2.05. The minimum atomic E-state index is -0.152. The van der Waals surface area contributed by atoms with Crippen LogP contribution < -0.4 is 0 Å². The van der Waals surface area contributed by atoms with Crippen molar-refractivity contribution < 1.29 is 10.2 Å². The lowest BCUT2D eigenvalue weighted by Crippen LogP contribution is -2.07. The molecular weight excluding hydrogens is 212 g/mol. The first-order valence-electron chi connectivity index (χ1n) is 6.58. The van der Waals surface area contributed by atoms with Crippen molar-refractivity contribution in [2.45, 2.75) is 72.0 Å². The van der Waals surface area contributed by atoms with E-state index in [4.69, 9.17) is 10.2 Å². The zero-order valence-corrected chi connectivity index (χ0v) is 11.7. The summed E-state index contributed by atoms with van der Waals surface area (Å²) >= 11 is 0. The molecule has 0 saturated carbocycles. The van der Waals surface area contributed by atoms with Crippen LogP contribution >= 0.6 is 0 Å². The van der Waals surface area contributed by atoms with Crippen molar-refractivity contribution in [3.05, 3.63) is 23.3 Å². The molecule has 0 heterocycles. The Hall–Kier alpha value is -0.600. The van der Waals surface area contributed by atoms with Gasteiger partial charge in [0.25, 0.3) is 0 Å². The van der Waals surface area contributed by atoms with Crippen LogP contribution in [0.15, 0.2) is 23.3 Å². The molecule has 0 aromatic rings. The third-order valence-corrected chi connectivity index (χ3v) is 2.68. The van der Waals surface area contributed by atoms with Crippen LogP contribution in [0.25, 0.3) is 0 Å². The minimum absolute atomic E-state index is 0.149. The molecule has 2 atom stereocenters. The highest BCUT2D eigenvalue weighted by Crippen LogP contribution is 2.16. The van der Waals surface area contributed by atoms with Crippen molar-refractivity contribution >= 4 is 0 Å². The molecule has 0 spiro atoms. The third kappa shape index (κ3) is 11.7. The van der Waals surface area contributed by atoms with E-state index in [0.29, 0.717) is 0 Å². The molecule has 17 heavy (non-hydrogen) atoms. The number of hydrogen-bond donors (Lipinski definition) is 2. The van der Waals surface area contributed by atoms with Gasteiger partial charge in [0.15, 0.2) is 0 Å².